The first-order valence-corrected chi connectivity index (χ1v) is 5.03. The van der Waals surface area contributed by atoms with Gasteiger partial charge in [0, 0.05) is 18.6 Å². The van der Waals surface area contributed by atoms with E-state index in [9.17, 15) is 0 Å². The minimum Gasteiger partial charge on any atom is -0.349 e. The van der Waals surface area contributed by atoms with Crippen molar-refractivity contribution in [1.29, 1.82) is 0 Å². The molecule has 1 aromatic carbocycles. The normalized spacial score (nSPS) is 11.1. The molecule has 2 rings (SSSR count). The van der Waals surface area contributed by atoms with Gasteiger partial charge in [0.1, 0.15) is 0 Å². The summed E-state index contributed by atoms with van der Waals surface area (Å²) in [5.41, 5.74) is 7.81. The van der Waals surface area contributed by atoms with Crippen molar-refractivity contribution in [2.45, 2.75) is 6.42 Å². The van der Waals surface area contributed by atoms with Gasteiger partial charge in [-0.1, -0.05) is 11.6 Å². The van der Waals surface area contributed by atoms with Crippen molar-refractivity contribution in [3.8, 4) is 0 Å². The van der Waals surface area contributed by atoms with Gasteiger partial charge in [-0.2, -0.15) is 0 Å². The summed E-state index contributed by atoms with van der Waals surface area (Å²) >= 11 is 6.18. The molecule has 0 amide bonds. The first-order chi connectivity index (χ1) is 6.72. The van der Waals surface area contributed by atoms with Gasteiger partial charge in [0.15, 0.2) is 0 Å². The Morgan fingerprint density at radius 3 is 2.93 bits per heavy atom. The Bertz CT molecular complexity index is 460. The first kappa shape index (κ1) is 9.56. The summed E-state index contributed by atoms with van der Waals surface area (Å²) < 4.78 is 2.03. The molecule has 0 unspecified atom stereocenters. The maximum atomic E-state index is 6.18. The zero-order valence-electron chi connectivity index (χ0n) is 8.13. The number of hydrogen-bond acceptors (Lipinski definition) is 1. The van der Waals surface area contributed by atoms with Crippen LogP contribution >= 0.6 is 11.6 Å². The summed E-state index contributed by atoms with van der Waals surface area (Å²) in [5, 5.41) is 1.99. The molecule has 1 heterocycles. The van der Waals surface area contributed by atoms with E-state index in [1.807, 2.05) is 23.9 Å². The van der Waals surface area contributed by atoms with Crippen molar-refractivity contribution in [2.24, 2.45) is 12.8 Å². The van der Waals surface area contributed by atoms with E-state index >= 15 is 0 Å². The summed E-state index contributed by atoms with van der Waals surface area (Å²) in [7, 11) is 2.00. The summed E-state index contributed by atoms with van der Waals surface area (Å²) in [5.74, 6) is 0. The van der Waals surface area contributed by atoms with E-state index in [0.29, 0.717) is 6.54 Å². The van der Waals surface area contributed by atoms with E-state index in [1.54, 1.807) is 0 Å². The Morgan fingerprint density at radius 2 is 2.21 bits per heavy atom. The molecule has 74 valence electrons. The molecule has 0 spiro atoms. The molecule has 0 saturated carbocycles. The molecule has 0 aliphatic carbocycles. The SMILES string of the molecule is Cn1ccc2cc(CCN)cc(Cl)c21. The third-order valence-electron chi connectivity index (χ3n) is 2.42. The van der Waals surface area contributed by atoms with Crippen LogP contribution in [0.2, 0.25) is 5.02 Å². The number of nitrogens with zero attached hydrogens (tertiary/aromatic N) is 1. The maximum absolute atomic E-state index is 6.18. The smallest absolute Gasteiger partial charge is 0.0667 e. The monoisotopic (exact) mass is 208 g/mol. The lowest BCUT2D eigenvalue weighted by atomic mass is 10.1. The molecule has 2 nitrogen and oxygen atoms in total. The van der Waals surface area contributed by atoms with Crippen LogP contribution in [0.25, 0.3) is 10.9 Å². The van der Waals surface area contributed by atoms with Crippen LogP contribution in [0.4, 0.5) is 0 Å². The highest BCUT2D eigenvalue weighted by molar-refractivity contribution is 6.35. The topological polar surface area (TPSA) is 30.9 Å². The van der Waals surface area contributed by atoms with Crippen molar-refractivity contribution in [1.82, 2.24) is 4.57 Å². The number of hydrogen-bond donors (Lipinski definition) is 1. The molecule has 0 bridgehead atoms. The lowest BCUT2D eigenvalue weighted by Gasteiger charge is -2.03. The standard InChI is InChI=1S/C11H13ClN2/c1-14-5-3-9-6-8(2-4-13)7-10(12)11(9)14/h3,5-7H,2,4,13H2,1H3. The quantitative estimate of drug-likeness (QED) is 0.807. The second-order valence-corrected chi connectivity index (χ2v) is 3.89. The Labute approximate surface area is 88.3 Å². The van der Waals surface area contributed by atoms with E-state index in [2.05, 4.69) is 12.1 Å². The fourth-order valence-corrected chi connectivity index (χ4v) is 2.14. The average Bonchev–Trinajstić information content (AvgIpc) is 2.48. The van der Waals surface area contributed by atoms with Crippen LogP contribution in [-0.2, 0) is 13.5 Å². The van der Waals surface area contributed by atoms with Crippen molar-refractivity contribution < 1.29 is 0 Å². The number of benzene rings is 1. The van der Waals surface area contributed by atoms with Crippen LogP contribution in [0.15, 0.2) is 24.4 Å². The summed E-state index contributed by atoms with van der Waals surface area (Å²) in [6, 6.07) is 6.21. The highest BCUT2D eigenvalue weighted by Crippen LogP contribution is 2.25. The lowest BCUT2D eigenvalue weighted by Crippen LogP contribution is -2.02. The number of aromatic nitrogens is 1. The Kier molecular flexibility index (Phi) is 2.48. The van der Waals surface area contributed by atoms with Crippen molar-refractivity contribution in [3.63, 3.8) is 0 Å². The number of halogens is 1. The van der Waals surface area contributed by atoms with Gasteiger partial charge in [0.25, 0.3) is 0 Å². The molecular formula is C11H13ClN2. The third-order valence-corrected chi connectivity index (χ3v) is 2.70. The lowest BCUT2D eigenvalue weighted by molar-refractivity contribution is 0.961. The minimum atomic E-state index is 0.661. The van der Waals surface area contributed by atoms with Gasteiger partial charge in [0.05, 0.1) is 10.5 Å². The van der Waals surface area contributed by atoms with E-state index < -0.39 is 0 Å². The second-order valence-electron chi connectivity index (χ2n) is 3.48. The Balaban J connectivity index is 2.62. The molecule has 14 heavy (non-hydrogen) atoms. The second kappa shape index (κ2) is 3.64. The van der Waals surface area contributed by atoms with Crippen LogP contribution in [0.1, 0.15) is 5.56 Å². The number of rotatable bonds is 2. The van der Waals surface area contributed by atoms with Crippen LogP contribution in [0, 0.1) is 0 Å². The highest BCUT2D eigenvalue weighted by Gasteiger charge is 2.04. The van der Waals surface area contributed by atoms with E-state index in [4.69, 9.17) is 17.3 Å². The van der Waals surface area contributed by atoms with Crippen LogP contribution in [-0.4, -0.2) is 11.1 Å². The fourth-order valence-electron chi connectivity index (χ4n) is 1.76. The molecule has 0 saturated heterocycles. The van der Waals surface area contributed by atoms with Crippen LogP contribution in [0.3, 0.4) is 0 Å². The van der Waals surface area contributed by atoms with E-state index in [0.717, 1.165) is 17.0 Å². The van der Waals surface area contributed by atoms with Crippen LogP contribution in [0.5, 0.6) is 0 Å². The maximum Gasteiger partial charge on any atom is 0.0667 e. The average molecular weight is 209 g/mol. The van der Waals surface area contributed by atoms with Crippen molar-refractivity contribution >= 4 is 22.5 Å². The molecule has 0 radical (unpaired) electrons. The van der Waals surface area contributed by atoms with Crippen LogP contribution < -0.4 is 5.73 Å². The van der Waals surface area contributed by atoms with Gasteiger partial charge in [-0.25, -0.2) is 0 Å². The molecule has 0 aliphatic heterocycles. The predicted octanol–water partition coefficient (Wildman–Crippen LogP) is 2.33. The molecule has 0 fully saturated rings. The molecule has 0 atom stereocenters. The molecule has 1 aromatic heterocycles. The van der Waals surface area contributed by atoms with Gasteiger partial charge < -0.3 is 10.3 Å². The van der Waals surface area contributed by atoms with E-state index in [1.165, 1.54) is 10.9 Å². The zero-order valence-corrected chi connectivity index (χ0v) is 8.88. The van der Waals surface area contributed by atoms with Gasteiger partial charge >= 0.3 is 0 Å². The van der Waals surface area contributed by atoms with Crippen molar-refractivity contribution in [3.05, 3.63) is 35.0 Å². The minimum absolute atomic E-state index is 0.661. The first-order valence-electron chi connectivity index (χ1n) is 4.66. The predicted molar refractivity (Wildman–Crippen MR) is 60.7 cm³/mol. The molecular weight excluding hydrogens is 196 g/mol. The van der Waals surface area contributed by atoms with Gasteiger partial charge in [0.2, 0.25) is 0 Å². The van der Waals surface area contributed by atoms with Gasteiger partial charge in [-0.3, -0.25) is 0 Å². The van der Waals surface area contributed by atoms with Gasteiger partial charge in [-0.05, 0) is 36.7 Å². The summed E-state index contributed by atoms with van der Waals surface area (Å²) in [6.45, 7) is 0.661. The molecule has 0 aliphatic rings. The Hall–Kier alpha value is -0.990. The molecule has 3 heteroatoms. The van der Waals surface area contributed by atoms with E-state index in [-0.39, 0.29) is 0 Å². The Morgan fingerprint density at radius 1 is 1.43 bits per heavy atom. The largest absolute Gasteiger partial charge is 0.349 e. The van der Waals surface area contributed by atoms with Crippen molar-refractivity contribution in [2.75, 3.05) is 6.54 Å². The number of fused-ring (bicyclic) bond motifs is 1. The number of aryl methyl sites for hydroxylation is 1. The highest BCUT2D eigenvalue weighted by atomic mass is 35.5. The zero-order chi connectivity index (χ0) is 10.1. The fraction of sp³-hybridized carbons (Fsp3) is 0.273. The number of nitrogens with two attached hydrogens (primary N) is 1. The van der Waals surface area contributed by atoms with Gasteiger partial charge in [-0.15, -0.1) is 0 Å². The third kappa shape index (κ3) is 1.51. The summed E-state index contributed by atoms with van der Waals surface area (Å²) in [4.78, 5) is 0. The molecule has 2 aromatic rings. The summed E-state index contributed by atoms with van der Waals surface area (Å²) in [6.07, 6.45) is 2.90. The molecule has 2 N–H and O–H groups in total.